The van der Waals surface area contributed by atoms with Crippen molar-refractivity contribution in [3.63, 3.8) is 0 Å². The molecule has 2 N–H and O–H groups in total. The van der Waals surface area contributed by atoms with Gasteiger partial charge in [-0.1, -0.05) is 11.2 Å². The minimum atomic E-state index is 0.494. The quantitative estimate of drug-likeness (QED) is 0.824. The normalized spacial score (nSPS) is 15.7. The number of aromatic nitrogens is 2. The smallest absolute Gasteiger partial charge is 0.318 e. The van der Waals surface area contributed by atoms with Gasteiger partial charge in [0, 0.05) is 24.3 Å². The predicted octanol–water partition coefficient (Wildman–Crippen LogP) is 1.46. The van der Waals surface area contributed by atoms with Crippen molar-refractivity contribution in [2.24, 2.45) is 0 Å². The number of rotatable bonds is 2. The Balaban J connectivity index is 1.85. The van der Waals surface area contributed by atoms with Crippen LogP contribution in [0.4, 0.5) is 11.7 Å². The highest BCUT2D eigenvalue weighted by atomic mass is 16.5. The van der Waals surface area contributed by atoms with E-state index >= 15 is 0 Å². The van der Waals surface area contributed by atoms with E-state index in [2.05, 4.69) is 10.2 Å². The number of nitrogen functional groups attached to an aromatic ring is 1. The van der Waals surface area contributed by atoms with E-state index in [-0.39, 0.29) is 0 Å². The maximum absolute atomic E-state index is 5.89. The second-order valence-electron chi connectivity index (χ2n) is 4.56. The van der Waals surface area contributed by atoms with Crippen molar-refractivity contribution < 1.29 is 9.15 Å². The summed E-state index contributed by atoms with van der Waals surface area (Å²) in [6.07, 6.45) is 0. The van der Waals surface area contributed by atoms with Crippen LogP contribution in [-0.4, -0.2) is 36.5 Å². The summed E-state index contributed by atoms with van der Waals surface area (Å²) in [6, 6.07) is 6.27. The fraction of sp³-hybridized carbons (Fsp3) is 0.385. The Labute approximate surface area is 111 Å². The molecule has 0 atom stereocenters. The molecule has 0 radical (unpaired) electrons. The van der Waals surface area contributed by atoms with E-state index in [0.717, 1.165) is 29.9 Å². The SMILES string of the molecule is Cc1ccc(-c2nnc(N3CCOCC3)o2)cc1N. The maximum Gasteiger partial charge on any atom is 0.318 e. The Morgan fingerprint density at radius 2 is 2.00 bits per heavy atom. The number of aryl methyl sites for hydroxylation is 1. The Hall–Kier alpha value is -2.08. The first kappa shape index (κ1) is 12.0. The molecule has 0 amide bonds. The Morgan fingerprint density at radius 3 is 2.74 bits per heavy atom. The number of anilines is 2. The highest BCUT2D eigenvalue weighted by Gasteiger charge is 2.18. The molecular weight excluding hydrogens is 244 g/mol. The van der Waals surface area contributed by atoms with Crippen LogP contribution in [0.25, 0.3) is 11.5 Å². The van der Waals surface area contributed by atoms with Gasteiger partial charge in [0.15, 0.2) is 0 Å². The third kappa shape index (κ3) is 2.39. The van der Waals surface area contributed by atoms with Crippen LogP contribution < -0.4 is 10.6 Å². The summed E-state index contributed by atoms with van der Waals surface area (Å²) < 4.78 is 11.0. The van der Waals surface area contributed by atoms with Crippen LogP contribution >= 0.6 is 0 Å². The number of hydrogen-bond donors (Lipinski definition) is 1. The van der Waals surface area contributed by atoms with Crippen LogP contribution in [0.15, 0.2) is 22.6 Å². The number of nitrogens with two attached hydrogens (primary N) is 1. The van der Waals surface area contributed by atoms with E-state index in [0.29, 0.717) is 25.1 Å². The number of benzene rings is 1. The van der Waals surface area contributed by atoms with Gasteiger partial charge in [-0.05, 0) is 24.6 Å². The Bertz CT molecular complexity index is 576. The molecule has 0 saturated carbocycles. The van der Waals surface area contributed by atoms with E-state index in [4.69, 9.17) is 14.9 Å². The summed E-state index contributed by atoms with van der Waals surface area (Å²) in [5.74, 6) is 0.494. The molecule has 1 aromatic carbocycles. The van der Waals surface area contributed by atoms with Gasteiger partial charge < -0.3 is 19.8 Å². The molecule has 1 fully saturated rings. The summed E-state index contributed by atoms with van der Waals surface area (Å²) in [4.78, 5) is 2.03. The van der Waals surface area contributed by atoms with Crippen molar-refractivity contribution >= 4 is 11.7 Å². The number of nitrogens with zero attached hydrogens (tertiary/aromatic N) is 3. The van der Waals surface area contributed by atoms with Crippen LogP contribution in [0.1, 0.15) is 5.56 Å². The van der Waals surface area contributed by atoms with E-state index in [1.165, 1.54) is 0 Å². The molecule has 2 heterocycles. The molecule has 0 bridgehead atoms. The third-order valence-corrected chi connectivity index (χ3v) is 3.22. The van der Waals surface area contributed by atoms with E-state index in [9.17, 15) is 0 Å². The molecule has 2 aromatic rings. The first-order valence-electron chi connectivity index (χ1n) is 6.27. The molecular formula is C13H16N4O2. The molecule has 3 rings (SSSR count). The van der Waals surface area contributed by atoms with E-state index in [1.807, 2.05) is 30.0 Å². The first-order chi connectivity index (χ1) is 9.24. The molecule has 0 aliphatic carbocycles. The lowest BCUT2D eigenvalue weighted by Gasteiger charge is -2.24. The van der Waals surface area contributed by atoms with Crippen molar-refractivity contribution in [2.45, 2.75) is 6.92 Å². The molecule has 1 aromatic heterocycles. The Kier molecular flexibility index (Phi) is 3.08. The number of hydrogen-bond acceptors (Lipinski definition) is 6. The summed E-state index contributed by atoms with van der Waals surface area (Å²) in [6.45, 7) is 4.89. The van der Waals surface area contributed by atoms with Gasteiger partial charge in [0.2, 0.25) is 5.89 Å². The molecule has 6 nitrogen and oxygen atoms in total. The first-order valence-corrected chi connectivity index (χ1v) is 6.27. The highest BCUT2D eigenvalue weighted by molar-refractivity contribution is 5.62. The van der Waals surface area contributed by atoms with Crippen molar-refractivity contribution in [1.82, 2.24) is 10.2 Å². The molecule has 0 unspecified atom stereocenters. The summed E-state index contributed by atoms with van der Waals surface area (Å²) >= 11 is 0. The molecule has 19 heavy (non-hydrogen) atoms. The number of morpholine rings is 1. The molecule has 6 heteroatoms. The van der Waals surface area contributed by atoms with Gasteiger partial charge in [-0.15, -0.1) is 5.10 Å². The monoisotopic (exact) mass is 260 g/mol. The van der Waals surface area contributed by atoms with Crippen LogP contribution in [0.3, 0.4) is 0 Å². The molecule has 1 saturated heterocycles. The minimum absolute atomic E-state index is 0.494. The lowest BCUT2D eigenvalue weighted by molar-refractivity contribution is 0.120. The average Bonchev–Trinajstić information content (AvgIpc) is 2.93. The fourth-order valence-corrected chi connectivity index (χ4v) is 1.99. The number of ether oxygens (including phenoxy) is 1. The average molecular weight is 260 g/mol. The highest BCUT2D eigenvalue weighted by Crippen LogP contribution is 2.25. The zero-order valence-electron chi connectivity index (χ0n) is 10.8. The topological polar surface area (TPSA) is 77.4 Å². The molecule has 0 spiro atoms. The maximum atomic E-state index is 5.89. The lowest BCUT2D eigenvalue weighted by Crippen LogP contribution is -2.36. The van der Waals surface area contributed by atoms with Crippen molar-refractivity contribution in [2.75, 3.05) is 36.9 Å². The minimum Gasteiger partial charge on any atom is -0.403 e. The third-order valence-electron chi connectivity index (χ3n) is 3.22. The predicted molar refractivity (Wildman–Crippen MR) is 71.9 cm³/mol. The van der Waals surface area contributed by atoms with E-state index in [1.54, 1.807) is 0 Å². The summed E-state index contributed by atoms with van der Waals surface area (Å²) in [5, 5.41) is 8.16. The van der Waals surface area contributed by atoms with Crippen molar-refractivity contribution in [3.05, 3.63) is 23.8 Å². The van der Waals surface area contributed by atoms with Gasteiger partial charge in [0.25, 0.3) is 0 Å². The molecule has 1 aliphatic rings. The van der Waals surface area contributed by atoms with Crippen LogP contribution in [0, 0.1) is 6.92 Å². The fourth-order valence-electron chi connectivity index (χ4n) is 1.99. The zero-order chi connectivity index (χ0) is 13.2. The Morgan fingerprint density at radius 1 is 1.21 bits per heavy atom. The second kappa shape index (κ2) is 4.89. The molecule has 1 aliphatic heterocycles. The van der Waals surface area contributed by atoms with Gasteiger partial charge in [-0.3, -0.25) is 0 Å². The van der Waals surface area contributed by atoms with Crippen LogP contribution in [-0.2, 0) is 4.74 Å². The van der Waals surface area contributed by atoms with Gasteiger partial charge in [-0.25, -0.2) is 0 Å². The van der Waals surface area contributed by atoms with Gasteiger partial charge in [0.1, 0.15) is 0 Å². The van der Waals surface area contributed by atoms with Crippen LogP contribution in [0.2, 0.25) is 0 Å². The van der Waals surface area contributed by atoms with Gasteiger partial charge >= 0.3 is 6.01 Å². The second-order valence-corrected chi connectivity index (χ2v) is 4.56. The standard InChI is InChI=1S/C13H16N4O2/c1-9-2-3-10(8-11(9)14)12-15-16-13(19-12)17-4-6-18-7-5-17/h2-3,8H,4-7,14H2,1H3. The van der Waals surface area contributed by atoms with Crippen LogP contribution in [0.5, 0.6) is 0 Å². The lowest BCUT2D eigenvalue weighted by atomic mass is 10.1. The molecule has 100 valence electrons. The summed E-state index contributed by atoms with van der Waals surface area (Å²) in [7, 11) is 0. The van der Waals surface area contributed by atoms with Crippen molar-refractivity contribution in [1.29, 1.82) is 0 Å². The van der Waals surface area contributed by atoms with Crippen molar-refractivity contribution in [3.8, 4) is 11.5 Å². The van der Waals surface area contributed by atoms with Gasteiger partial charge in [-0.2, -0.15) is 0 Å². The zero-order valence-corrected chi connectivity index (χ0v) is 10.8. The van der Waals surface area contributed by atoms with Gasteiger partial charge in [0.05, 0.1) is 13.2 Å². The summed E-state index contributed by atoms with van der Waals surface area (Å²) in [5.41, 5.74) is 8.50. The largest absolute Gasteiger partial charge is 0.403 e. The van der Waals surface area contributed by atoms with E-state index < -0.39 is 0 Å².